The maximum atomic E-state index is 11.4. The minimum Gasteiger partial charge on any atom is -0.326 e. The second-order valence-electron chi connectivity index (χ2n) is 8.93. The van der Waals surface area contributed by atoms with E-state index in [1.807, 2.05) is 39.5 Å². The van der Waals surface area contributed by atoms with Gasteiger partial charge in [-0.1, -0.05) is 65.1 Å². The first kappa shape index (κ1) is 29.8. The van der Waals surface area contributed by atoms with Gasteiger partial charge < -0.3 is 9.80 Å². The van der Waals surface area contributed by atoms with Crippen LogP contribution in [-0.4, -0.2) is 36.4 Å². The first-order chi connectivity index (χ1) is 18.5. The number of allylic oxidation sites excluding steroid dienone is 3. The fourth-order valence-electron chi connectivity index (χ4n) is 4.91. The van der Waals surface area contributed by atoms with Gasteiger partial charge in [0.25, 0.3) is 15.9 Å². The lowest BCUT2D eigenvalue weighted by atomic mass is 10.2. The number of aryl methyl sites for hydroxylation is 1. The Morgan fingerprint density at radius 2 is 1.51 bits per heavy atom. The molecule has 1 aliphatic rings. The second-order valence-corrected chi connectivity index (χ2v) is 12.1. The summed E-state index contributed by atoms with van der Waals surface area (Å²) in [6.45, 7) is 10.3. The Balaban J connectivity index is 1.82. The van der Waals surface area contributed by atoms with E-state index in [4.69, 9.17) is 46.4 Å². The molecule has 2 aromatic carbocycles. The summed E-state index contributed by atoms with van der Waals surface area (Å²) in [7, 11) is -4.10. The third-order valence-electron chi connectivity index (χ3n) is 6.52. The molecule has 0 fully saturated rings. The zero-order valence-electron chi connectivity index (χ0n) is 21.5. The van der Waals surface area contributed by atoms with Crippen LogP contribution >= 0.6 is 46.4 Å². The predicted molar refractivity (Wildman–Crippen MR) is 163 cm³/mol. The Hall–Kier alpha value is -2.20. The van der Waals surface area contributed by atoms with Gasteiger partial charge in [-0.05, 0) is 32.1 Å². The van der Waals surface area contributed by atoms with Crippen molar-refractivity contribution in [1.29, 1.82) is 0 Å². The van der Waals surface area contributed by atoms with Gasteiger partial charge in [-0.2, -0.15) is 8.42 Å². The van der Waals surface area contributed by atoms with Gasteiger partial charge in [0, 0.05) is 37.7 Å². The van der Waals surface area contributed by atoms with Gasteiger partial charge >= 0.3 is 0 Å². The average molecular weight is 631 g/mol. The first-order valence-electron chi connectivity index (χ1n) is 12.4. The Morgan fingerprint density at radius 3 is 2.05 bits per heavy atom. The summed E-state index contributed by atoms with van der Waals surface area (Å²) in [5, 5.41) is 1.80. The lowest BCUT2D eigenvalue weighted by Gasteiger charge is -2.23. The molecule has 1 N–H and O–H groups in total. The van der Waals surface area contributed by atoms with Crippen LogP contribution in [0.4, 0.5) is 11.4 Å². The molecule has 1 aromatic heterocycles. The van der Waals surface area contributed by atoms with Gasteiger partial charge in [-0.25, -0.2) is 9.13 Å². The molecule has 0 saturated heterocycles. The summed E-state index contributed by atoms with van der Waals surface area (Å²) in [4.78, 5) is 4.34. The number of hydrogen-bond acceptors (Lipinski definition) is 4. The minimum atomic E-state index is -4.10. The van der Waals surface area contributed by atoms with Crippen LogP contribution in [0.5, 0.6) is 0 Å². The van der Waals surface area contributed by atoms with Gasteiger partial charge in [-0.15, -0.1) is 0 Å². The van der Waals surface area contributed by atoms with Crippen molar-refractivity contribution in [2.75, 3.05) is 28.6 Å². The molecular formula is C27H29Cl4N4O3S+. The molecule has 39 heavy (non-hydrogen) atoms. The zero-order chi connectivity index (χ0) is 28.5. The largest absolute Gasteiger partial charge is 0.326 e. The molecule has 2 heterocycles. The van der Waals surface area contributed by atoms with E-state index < -0.39 is 10.1 Å². The topological polar surface area (TPSA) is 69.7 Å². The van der Waals surface area contributed by atoms with Crippen LogP contribution < -0.4 is 14.4 Å². The molecule has 0 spiro atoms. The van der Waals surface area contributed by atoms with Crippen molar-refractivity contribution < 1.29 is 17.5 Å². The standard InChI is InChI=1S/C27H28Cl4N4O3S/c1-4-11-34-24-16-20(30)21(31)17-25(24)35(12-8-13-39(36,37)38)27(34)10-7-9-26-32(5-2)22-14-18(28)19(29)15-23(22)33(26)6-3/h4,7,9-10,14-17H,1,5-6,8,11-13H2,2-3H3/p+1. The normalized spacial score (nSPS) is 13.7. The number of nitrogens with zero attached hydrogens (tertiary/aromatic N) is 4. The van der Waals surface area contributed by atoms with Crippen molar-refractivity contribution in [1.82, 2.24) is 4.57 Å². The van der Waals surface area contributed by atoms with Crippen molar-refractivity contribution in [3.8, 4) is 0 Å². The Bertz CT molecular complexity index is 1560. The van der Waals surface area contributed by atoms with E-state index in [1.54, 1.807) is 18.2 Å². The van der Waals surface area contributed by atoms with Gasteiger partial charge in [-0.3, -0.25) is 4.55 Å². The Morgan fingerprint density at radius 1 is 0.949 bits per heavy atom. The van der Waals surface area contributed by atoms with Crippen LogP contribution in [0, 0.1) is 0 Å². The van der Waals surface area contributed by atoms with E-state index in [1.165, 1.54) is 0 Å². The van der Waals surface area contributed by atoms with Gasteiger partial charge in [0.2, 0.25) is 0 Å². The summed E-state index contributed by atoms with van der Waals surface area (Å²) in [5.74, 6) is 1.41. The fraction of sp³-hybridized carbons (Fsp3) is 0.296. The van der Waals surface area contributed by atoms with Crippen LogP contribution in [0.2, 0.25) is 20.1 Å². The van der Waals surface area contributed by atoms with Crippen molar-refractivity contribution in [3.63, 3.8) is 0 Å². The number of hydrogen-bond donors (Lipinski definition) is 1. The van der Waals surface area contributed by atoms with E-state index in [-0.39, 0.29) is 12.2 Å². The molecule has 208 valence electrons. The summed E-state index contributed by atoms with van der Waals surface area (Å²) >= 11 is 25.4. The number of benzene rings is 2. The quantitative estimate of drug-likeness (QED) is 0.145. The highest BCUT2D eigenvalue weighted by molar-refractivity contribution is 7.85. The number of anilines is 2. The van der Waals surface area contributed by atoms with Gasteiger partial charge in [0.1, 0.15) is 12.4 Å². The molecule has 0 amide bonds. The van der Waals surface area contributed by atoms with Crippen molar-refractivity contribution in [3.05, 3.63) is 80.8 Å². The Labute approximate surface area is 248 Å². The third-order valence-corrected chi connectivity index (χ3v) is 8.77. The summed E-state index contributed by atoms with van der Waals surface area (Å²) in [6.07, 6.45) is 7.91. The highest BCUT2D eigenvalue weighted by Crippen LogP contribution is 2.45. The summed E-state index contributed by atoms with van der Waals surface area (Å²) < 4.78 is 36.1. The molecule has 7 nitrogen and oxygen atoms in total. The lowest BCUT2D eigenvalue weighted by molar-refractivity contribution is -0.673. The molecule has 0 aliphatic carbocycles. The number of fused-ring (bicyclic) bond motifs is 2. The number of rotatable bonds is 10. The van der Waals surface area contributed by atoms with E-state index in [0.717, 1.165) is 47.1 Å². The third kappa shape index (κ3) is 6.11. The molecule has 0 bridgehead atoms. The fourth-order valence-corrected chi connectivity index (χ4v) is 6.03. The van der Waals surface area contributed by atoms with E-state index in [2.05, 4.69) is 30.2 Å². The van der Waals surface area contributed by atoms with Crippen molar-refractivity contribution in [2.45, 2.75) is 33.4 Å². The van der Waals surface area contributed by atoms with E-state index in [9.17, 15) is 13.0 Å². The van der Waals surface area contributed by atoms with Gasteiger partial charge in [0.05, 0.1) is 43.8 Å². The molecule has 3 aromatic rings. The van der Waals surface area contributed by atoms with Crippen LogP contribution in [0.15, 0.2) is 54.9 Å². The maximum Gasteiger partial charge on any atom is 0.282 e. The molecule has 0 radical (unpaired) electrons. The summed E-state index contributed by atoms with van der Waals surface area (Å²) in [5.41, 5.74) is 3.58. The van der Waals surface area contributed by atoms with E-state index >= 15 is 0 Å². The average Bonchev–Trinajstić information content (AvgIpc) is 3.30. The van der Waals surface area contributed by atoms with Gasteiger partial charge in [0.15, 0.2) is 11.0 Å². The smallest absolute Gasteiger partial charge is 0.282 e. The molecule has 0 unspecified atom stereocenters. The monoisotopic (exact) mass is 629 g/mol. The second kappa shape index (κ2) is 12.1. The number of aromatic nitrogens is 2. The predicted octanol–water partition coefficient (Wildman–Crippen LogP) is 7.23. The Kier molecular flexibility index (Phi) is 9.26. The summed E-state index contributed by atoms with van der Waals surface area (Å²) in [6, 6.07) is 7.32. The van der Waals surface area contributed by atoms with Crippen LogP contribution in [0.25, 0.3) is 17.1 Å². The van der Waals surface area contributed by atoms with Crippen LogP contribution in [0.1, 0.15) is 26.1 Å². The minimum absolute atomic E-state index is 0.211. The SMILES string of the molecule is C=CCn1c(/C=C/C=C2N(CC)c3cc(Cl)c(Cl)cc3N2CC)[n+](CCCS(=O)(=O)O)c2cc(Cl)c(Cl)cc21. The highest BCUT2D eigenvalue weighted by Gasteiger charge is 2.30. The number of halogens is 4. The highest BCUT2D eigenvalue weighted by atomic mass is 35.5. The molecule has 0 atom stereocenters. The zero-order valence-corrected chi connectivity index (χ0v) is 25.4. The number of imidazole rings is 1. The van der Waals surface area contributed by atoms with Crippen molar-refractivity contribution in [2.24, 2.45) is 0 Å². The van der Waals surface area contributed by atoms with Crippen LogP contribution in [0.3, 0.4) is 0 Å². The molecular weight excluding hydrogens is 602 g/mol. The lowest BCUT2D eigenvalue weighted by Crippen LogP contribution is -2.37. The molecule has 1 aliphatic heterocycles. The van der Waals surface area contributed by atoms with Crippen molar-refractivity contribution >= 4 is 85.0 Å². The van der Waals surface area contributed by atoms with Crippen LogP contribution in [-0.2, 0) is 23.2 Å². The maximum absolute atomic E-state index is 11.4. The first-order valence-corrected chi connectivity index (χ1v) is 15.5. The molecule has 0 saturated carbocycles. The molecule has 4 rings (SSSR count). The molecule has 12 heteroatoms. The van der Waals surface area contributed by atoms with E-state index in [0.29, 0.717) is 33.2 Å².